The van der Waals surface area contributed by atoms with E-state index in [-0.39, 0.29) is 5.91 Å². The molecule has 1 aliphatic heterocycles. The Hall–Kier alpha value is -0.540. The van der Waals surface area contributed by atoms with Crippen LogP contribution in [0.25, 0.3) is 0 Å². The van der Waals surface area contributed by atoms with Gasteiger partial charge in [-0.15, -0.1) is 11.6 Å². The fraction of sp³-hybridized carbons (Fsp3) is 0.533. The number of benzene rings is 1. The number of rotatable bonds is 4. The Balaban J connectivity index is 2.13. The number of nitrogens with zero attached hydrogens (tertiary/aromatic N) is 1. The molecule has 19 heavy (non-hydrogen) atoms. The van der Waals surface area contributed by atoms with Crippen molar-refractivity contribution in [3.8, 4) is 0 Å². The van der Waals surface area contributed by atoms with Crippen LogP contribution in [-0.2, 0) is 0 Å². The lowest BCUT2D eigenvalue weighted by Crippen LogP contribution is -2.35. The molecule has 1 saturated heterocycles. The van der Waals surface area contributed by atoms with Crippen molar-refractivity contribution in [2.75, 3.05) is 12.4 Å². The molecule has 1 aromatic rings. The van der Waals surface area contributed by atoms with Gasteiger partial charge in [-0.2, -0.15) is 0 Å². The Morgan fingerprint density at radius 1 is 1.47 bits per heavy atom. The molecule has 0 spiro atoms. The number of hydrogen-bond acceptors (Lipinski definition) is 1. The van der Waals surface area contributed by atoms with Crippen molar-refractivity contribution in [2.24, 2.45) is 0 Å². The zero-order valence-electron chi connectivity index (χ0n) is 11.2. The fourth-order valence-corrected chi connectivity index (χ4v) is 3.50. The third kappa shape index (κ3) is 3.73. The van der Waals surface area contributed by atoms with E-state index in [0.717, 1.165) is 47.8 Å². The fourth-order valence-electron chi connectivity index (χ4n) is 2.74. The maximum atomic E-state index is 12.6. The van der Waals surface area contributed by atoms with E-state index in [4.69, 9.17) is 11.6 Å². The van der Waals surface area contributed by atoms with Crippen LogP contribution in [0.15, 0.2) is 22.7 Å². The average Bonchev–Trinajstić information content (AvgIpc) is 2.82. The Morgan fingerprint density at radius 2 is 2.26 bits per heavy atom. The predicted octanol–water partition coefficient (Wildman–Crippen LogP) is 4.38. The second-order valence-electron chi connectivity index (χ2n) is 5.14. The molecular formula is C15H19BrClNO. The van der Waals surface area contributed by atoms with Crippen LogP contribution in [0, 0.1) is 6.92 Å². The largest absolute Gasteiger partial charge is 0.336 e. The Labute approximate surface area is 128 Å². The number of alkyl halides is 1. The molecule has 0 aromatic heterocycles. The van der Waals surface area contributed by atoms with E-state index in [9.17, 15) is 4.79 Å². The van der Waals surface area contributed by atoms with Crippen LogP contribution in [0.3, 0.4) is 0 Å². The van der Waals surface area contributed by atoms with Gasteiger partial charge in [0.15, 0.2) is 0 Å². The first-order valence-electron chi connectivity index (χ1n) is 6.76. The number of carbonyl (C=O) groups is 1. The van der Waals surface area contributed by atoms with Crippen LogP contribution >= 0.6 is 27.5 Å². The molecule has 104 valence electrons. The monoisotopic (exact) mass is 343 g/mol. The Kier molecular flexibility index (Phi) is 5.28. The minimum absolute atomic E-state index is 0.154. The van der Waals surface area contributed by atoms with E-state index in [1.54, 1.807) is 0 Å². The summed E-state index contributed by atoms with van der Waals surface area (Å²) < 4.78 is 0.965. The van der Waals surface area contributed by atoms with E-state index in [1.807, 2.05) is 30.0 Å². The molecular weight excluding hydrogens is 326 g/mol. The number of likely N-dealkylation sites (tertiary alicyclic amines) is 1. The van der Waals surface area contributed by atoms with Crippen molar-refractivity contribution in [3.05, 3.63) is 33.8 Å². The minimum atomic E-state index is 0.154. The zero-order valence-corrected chi connectivity index (χ0v) is 13.5. The molecule has 0 bridgehead atoms. The number of carbonyl (C=O) groups excluding carboxylic acids is 1. The number of hydrogen-bond donors (Lipinski definition) is 0. The second kappa shape index (κ2) is 6.76. The summed E-state index contributed by atoms with van der Waals surface area (Å²) in [5.41, 5.74) is 1.89. The normalized spacial score (nSPS) is 18.9. The lowest BCUT2D eigenvalue weighted by atomic mass is 10.1. The molecule has 1 unspecified atom stereocenters. The highest BCUT2D eigenvalue weighted by Gasteiger charge is 2.28. The van der Waals surface area contributed by atoms with Gasteiger partial charge in [-0.25, -0.2) is 0 Å². The van der Waals surface area contributed by atoms with Crippen LogP contribution in [0.2, 0.25) is 0 Å². The van der Waals surface area contributed by atoms with Gasteiger partial charge in [0, 0.05) is 28.5 Å². The lowest BCUT2D eigenvalue weighted by Gasteiger charge is -2.25. The van der Waals surface area contributed by atoms with Crippen LogP contribution < -0.4 is 0 Å². The van der Waals surface area contributed by atoms with Gasteiger partial charge in [-0.3, -0.25) is 4.79 Å². The lowest BCUT2D eigenvalue weighted by molar-refractivity contribution is 0.0730. The van der Waals surface area contributed by atoms with Crippen molar-refractivity contribution in [2.45, 2.75) is 38.6 Å². The molecule has 1 heterocycles. The second-order valence-corrected chi connectivity index (χ2v) is 6.44. The van der Waals surface area contributed by atoms with E-state index in [0.29, 0.717) is 11.9 Å². The molecule has 1 aromatic carbocycles. The summed E-state index contributed by atoms with van der Waals surface area (Å²) in [4.78, 5) is 14.6. The van der Waals surface area contributed by atoms with Gasteiger partial charge >= 0.3 is 0 Å². The number of halogens is 2. The van der Waals surface area contributed by atoms with E-state index < -0.39 is 0 Å². The van der Waals surface area contributed by atoms with Crippen molar-refractivity contribution >= 4 is 33.4 Å². The summed E-state index contributed by atoms with van der Waals surface area (Å²) in [5, 5.41) is 0. The summed E-state index contributed by atoms with van der Waals surface area (Å²) in [6, 6.07) is 6.26. The van der Waals surface area contributed by atoms with Gasteiger partial charge < -0.3 is 4.90 Å². The minimum Gasteiger partial charge on any atom is -0.336 e. The van der Waals surface area contributed by atoms with E-state index >= 15 is 0 Å². The van der Waals surface area contributed by atoms with Crippen LogP contribution in [0.4, 0.5) is 0 Å². The Bertz CT molecular complexity index is 443. The van der Waals surface area contributed by atoms with Crippen LogP contribution in [0.1, 0.15) is 41.6 Å². The number of aryl methyl sites for hydroxylation is 1. The SMILES string of the molecule is Cc1cc(Br)cc(C(=O)N2CCCC2CCCCl)c1. The first kappa shape index (κ1) is 14.9. The molecule has 0 saturated carbocycles. The molecule has 0 aliphatic carbocycles. The molecule has 1 atom stereocenters. The summed E-state index contributed by atoms with van der Waals surface area (Å²) in [6.07, 6.45) is 4.21. The average molecular weight is 345 g/mol. The number of amides is 1. The molecule has 2 rings (SSSR count). The van der Waals surface area contributed by atoms with Gasteiger partial charge in [-0.1, -0.05) is 15.9 Å². The molecule has 4 heteroatoms. The van der Waals surface area contributed by atoms with Crippen LogP contribution in [0.5, 0.6) is 0 Å². The topological polar surface area (TPSA) is 20.3 Å². The molecule has 0 N–H and O–H groups in total. The maximum Gasteiger partial charge on any atom is 0.254 e. The highest BCUT2D eigenvalue weighted by atomic mass is 79.9. The van der Waals surface area contributed by atoms with Gasteiger partial charge in [0.2, 0.25) is 0 Å². The van der Waals surface area contributed by atoms with Gasteiger partial charge in [0.1, 0.15) is 0 Å². The van der Waals surface area contributed by atoms with Crippen molar-refractivity contribution < 1.29 is 4.79 Å². The zero-order chi connectivity index (χ0) is 13.8. The third-order valence-electron chi connectivity index (χ3n) is 3.60. The molecule has 2 nitrogen and oxygen atoms in total. The predicted molar refractivity (Wildman–Crippen MR) is 82.9 cm³/mol. The Morgan fingerprint density at radius 3 is 2.95 bits per heavy atom. The van der Waals surface area contributed by atoms with Gasteiger partial charge in [-0.05, 0) is 56.4 Å². The summed E-state index contributed by atoms with van der Waals surface area (Å²) in [6.45, 7) is 2.88. The van der Waals surface area contributed by atoms with Gasteiger partial charge in [0.05, 0.1) is 0 Å². The highest BCUT2D eigenvalue weighted by Crippen LogP contribution is 2.25. The molecule has 1 aliphatic rings. The van der Waals surface area contributed by atoms with Gasteiger partial charge in [0.25, 0.3) is 5.91 Å². The van der Waals surface area contributed by atoms with E-state index in [1.165, 1.54) is 0 Å². The maximum absolute atomic E-state index is 12.6. The molecule has 1 fully saturated rings. The van der Waals surface area contributed by atoms with Crippen molar-refractivity contribution in [1.29, 1.82) is 0 Å². The summed E-state index contributed by atoms with van der Waals surface area (Å²) >= 11 is 9.21. The summed E-state index contributed by atoms with van der Waals surface area (Å²) in [5.74, 6) is 0.829. The van der Waals surface area contributed by atoms with E-state index in [2.05, 4.69) is 15.9 Å². The van der Waals surface area contributed by atoms with Crippen LogP contribution in [-0.4, -0.2) is 29.3 Å². The first-order chi connectivity index (χ1) is 9.11. The van der Waals surface area contributed by atoms with Crippen molar-refractivity contribution in [3.63, 3.8) is 0 Å². The third-order valence-corrected chi connectivity index (χ3v) is 4.32. The molecule has 0 radical (unpaired) electrons. The molecule has 1 amide bonds. The quantitative estimate of drug-likeness (QED) is 0.742. The smallest absolute Gasteiger partial charge is 0.254 e. The first-order valence-corrected chi connectivity index (χ1v) is 8.08. The standard InChI is InChI=1S/C15H19BrClNO/c1-11-8-12(10-13(16)9-11)15(19)18-7-3-5-14(18)4-2-6-17/h8-10,14H,2-7H2,1H3. The van der Waals surface area contributed by atoms with Crippen molar-refractivity contribution in [1.82, 2.24) is 4.90 Å². The highest BCUT2D eigenvalue weighted by molar-refractivity contribution is 9.10. The summed E-state index contributed by atoms with van der Waals surface area (Å²) in [7, 11) is 0.